The topological polar surface area (TPSA) is 63.9 Å². The summed E-state index contributed by atoms with van der Waals surface area (Å²) in [6.45, 7) is 11.3. The van der Waals surface area contributed by atoms with Gasteiger partial charge in [-0.05, 0) is 38.0 Å². The Bertz CT molecular complexity index is 1120. The SMILES string of the molecule is CCOc1cc2occ(-c3ccc(C)cc3)c2cc1/C(C)=C/C(=O)NCCN1CCOCC1. The molecule has 1 aliphatic rings. The van der Waals surface area contributed by atoms with Crippen molar-refractivity contribution >= 4 is 22.4 Å². The second kappa shape index (κ2) is 10.7. The molecule has 1 saturated heterocycles. The average Bonchev–Trinajstić information content (AvgIpc) is 3.23. The van der Waals surface area contributed by atoms with E-state index in [-0.39, 0.29) is 5.91 Å². The summed E-state index contributed by atoms with van der Waals surface area (Å²) < 4.78 is 17.1. The van der Waals surface area contributed by atoms with Gasteiger partial charge in [0.1, 0.15) is 11.3 Å². The number of hydrogen-bond acceptors (Lipinski definition) is 5. The molecule has 1 fully saturated rings. The molecule has 33 heavy (non-hydrogen) atoms. The summed E-state index contributed by atoms with van der Waals surface area (Å²) in [6, 6.07) is 12.4. The first-order valence-corrected chi connectivity index (χ1v) is 11.6. The molecule has 1 amide bonds. The van der Waals surface area contributed by atoms with Crippen LogP contribution in [0.25, 0.3) is 27.7 Å². The van der Waals surface area contributed by atoms with Gasteiger partial charge in [0.25, 0.3) is 0 Å². The minimum atomic E-state index is -0.103. The molecule has 6 nitrogen and oxygen atoms in total. The molecule has 0 atom stereocenters. The Kier molecular flexibility index (Phi) is 7.47. The molecule has 0 spiro atoms. The molecular weight excluding hydrogens is 416 g/mol. The van der Waals surface area contributed by atoms with Crippen LogP contribution in [0.5, 0.6) is 5.75 Å². The lowest BCUT2D eigenvalue weighted by atomic mass is 9.99. The molecule has 0 unspecified atom stereocenters. The van der Waals surface area contributed by atoms with Gasteiger partial charge in [-0.2, -0.15) is 0 Å². The van der Waals surface area contributed by atoms with E-state index in [0.717, 1.165) is 66.1 Å². The van der Waals surface area contributed by atoms with Crippen LogP contribution in [-0.2, 0) is 9.53 Å². The van der Waals surface area contributed by atoms with E-state index in [1.165, 1.54) is 5.56 Å². The average molecular weight is 449 g/mol. The van der Waals surface area contributed by atoms with Gasteiger partial charge in [-0.25, -0.2) is 0 Å². The van der Waals surface area contributed by atoms with Crippen LogP contribution >= 0.6 is 0 Å². The highest BCUT2D eigenvalue weighted by Crippen LogP contribution is 2.37. The van der Waals surface area contributed by atoms with Gasteiger partial charge in [0.2, 0.25) is 5.91 Å². The number of furan rings is 1. The van der Waals surface area contributed by atoms with Crippen LogP contribution in [0.1, 0.15) is 25.0 Å². The molecule has 0 aliphatic carbocycles. The van der Waals surface area contributed by atoms with Crippen molar-refractivity contribution in [3.63, 3.8) is 0 Å². The molecule has 2 heterocycles. The van der Waals surface area contributed by atoms with E-state index >= 15 is 0 Å². The van der Waals surface area contributed by atoms with Crippen molar-refractivity contribution in [2.24, 2.45) is 0 Å². The standard InChI is InChI=1S/C27H32N2O4/c1-4-32-25-17-26-23(24(18-33-26)21-7-5-19(2)6-8-21)16-22(25)20(3)15-27(30)28-9-10-29-11-13-31-14-12-29/h5-8,15-18H,4,9-14H2,1-3H3,(H,28,30)/b20-15+. The number of hydrogen-bond donors (Lipinski definition) is 1. The van der Waals surface area contributed by atoms with Gasteiger partial charge in [-0.3, -0.25) is 9.69 Å². The molecule has 174 valence electrons. The third-order valence-electron chi connectivity index (χ3n) is 5.94. The third-order valence-corrected chi connectivity index (χ3v) is 5.94. The Morgan fingerprint density at radius 2 is 1.94 bits per heavy atom. The molecule has 0 radical (unpaired) electrons. The minimum Gasteiger partial charge on any atom is -0.493 e. The van der Waals surface area contributed by atoms with Gasteiger partial charge in [-0.15, -0.1) is 0 Å². The van der Waals surface area contributed by atoms with E-state index in [9.17, 15) is 4.79 Å². The number of ether oxygens (including phenoxy) is 2. The predicted molar refractivity (Wildman–Crippen MR) is 131 cm³/mol. The highest BCUT2D eigenvalue weighted by molar-refractivity contribution is 6.00. The molecule has 0 bridgehead atoms. The van der Waals surface area contributed by atoms with Gasteiger partial charge < -0.3 is 19.2 Å². The van der Waals surface area contributed by atoms with E-state index in [1.807, 2.05) is 19.9 Å². The van der Waals surface area contributed by atoms with Crippen LogP contribution in [-0.4, -0.2) is 56.8 Å². The fraction of sp³-hybridized carbons (Fsp3) is 0.370. The minimum absolute atomic E-state index is 0.103. The lowest BCUT2D eigenvalue weighted by Crippen LogP contribution is -2.41. The number of morpholine rings is 1. The maximum Gasteiger partial charge on any atom is 0.244 e. The van der Waals surface area contributed by atoms with E-state index in [4.69, 9.17) is 13.9 Å². The zero-order chi connectivity index (χ0) is 23.2. The van der Waals surface area contributed by atoms with Crippen LogP contribution in [0.2, 0.25) is 0 Å². The van der Waals surface area contributed by atoms with Crippen LogP contribution in [0.15, 0.2) is 53.2 Å². The summed E-state index contributed by atoms with van der Waals surface area (Å²) in [6.07, 6.45) is 3.43. The molecule has 6 heteroatoms. The Morgan fingerprint density at radius 3 is 2.67 bits per heavy atom. The third kappa shape index (κ3) is 5.64. The van der Waals surface area contributed by atoms with Crippen molar-refractivity contribution in [3.05, 3.63) is 59.9 Å². The van der Waals surface area contributed by atoms with Crippen molar-refractivity contribution in [1.29, 1.82) is 0 Å². The number of nitrogens with one attached hydrogen (secondary N) is 1. The summed E-state index contributed by atoms with van der Waals surface area (Å²) in [5, 5.41) is 4.00. The number of benzene rings is 2. The van der Waals surface area contributed by atoms with Crippen molar-refractivity contribution in [2.45, 2.75) is 20.8 Å². The number of nitrogens with zero attached hydrogens (tertiary/aromatic N) is 1. The molecule has 2 aromatic carbocycles. The summed E-state index contributed by atoms with van der Waals surface area (Å²) in [5.74, 6) is 0.610. The normalized spacial score (nSPS) is 15.1. The maximum atomic E-state index is 12.6. The van der Waals surface area contributed by atoms with Crippen molar-refractivity contribution in [1.82, 2.24) is 10.2 Å². The van der Waals surface area contributed by atoms with Crippen LogP contribution in [0, 0.1) is 6.92 Å². The van der Waals surface area contributed by atoms with Crippen molar-refractivity contribution in [2.75, 3.05) is 46.0 Å². The van der Waals surface area contributed by atoms with Gasteiger partial charge in [0.05, 0.1) is 26.1 Å². The zero-order valence-electron chi connectivity index (χ0n) is 19.6. The van der Waals surface area contributed by atoms with E-state index in [0.29, 0.717) is 18.9 Å². The number of amides is 1. The second-order valence-corrected chi connectivity index (χ2v) is 8.37. The van der Waals surface area contributed by atoms with Crippen LogP contribution in [0.3, 0.4) is 0 Å². The first-order valence-electron chi connectivity index (χ1n) is 11.6. The number of aryl methyl sites for hydroxylation is 1. The smallest absolute Gasteiger partial charge is 0.244 e. The molecule has 1 aromatic heterocycles. The Hall–Kier alpha value is -3.09. The summed E-state index contributed by atoms with van der Waals surface area (Å²) in [7, 11) is 0. The summed E-state index contributed by atoms with van der Waals surface area (Å²) >= 11 is 0. The largest absolute Gasteiger partial charge is 0.493 e. The maximum absolute atomic E-state index is 12.6. The Morgan fingerprint density at radius 1 is 1.18 bits per heavy atom. The van der Waals surface area contributed by atoms with Gasteiger partial charge in [0, 0.05) is 54.8 Å². The first kappa shape index (κ1) is 23.1. The number of carbonyl (C=O) groups is 1. The van der Waals surface area contributed by atoms with E-state index in [2.05, 4.69) is 47.5 Å². The number of rotatable bonds is 8. The highest BCUT2D eigenvalue weighted by Gasteiger charge is 2.16. The van der Waals surface area contributed by atoms with Gasteiger partial charge >= 0.3 is 0 Å². The number of fused-ring (bicyclic) bond motifs is 1. The monoisotopic (exact) mass is 448 g/mol. The molecule has 0 saturated carbocycles. The van der Waals surface area contributed by atoms with Gasteiger partial charge in [0.15, 0.2) is 0 Å². The summed E-state index contributed by atoms with van der Waals surface area (Å²) in [5.41, 5.74) is 5.83. The number of carbonyl (C=O) groups excluding carboxylic acids is 1. The lowest BCUT2D eigenvalue weighted by molar-refractivity contribution is -0.116. The van der Waals surface area contributed by atoms with Gasteiger partial charge in [-0.1, -0.05) is 29.8 Å². The van der Waals surface area contributed by atoms with Crippen LogP contribution in [0.4, 0.5) is 0 Å². The first-order chi connectivity index (χ1) is 16.0. The van der Waals surface area contributed by atoms with E-state index in [1.54, 1.807) is 12.3 Å². The zero-order valence-corrected chi connectivity index (χ0v) is 19.6. The summed E-state index contributed by atoms with van der Waals surface area (Å²) in [4.78, 5) is 14.9. The second-order valence-electron chi connectivity index (χ2n) is 8.37. The Balaban J connectivity index is 1.56. The fourth-order valence-electron chi connectivity index (χ4n) is 4.08. The Labute approximate surface area is 195 Å². The lowest BCUT2D eigenvalue weighted by Gasteiger charge is -2.26. The van der Waals surface area contributed by atoms with Crippen molar-refractivity contribution < 1.29 is 18.7 Å². The van der Waals surface area contributed by atoms with E-state index < -0.39 is 0 Å². The molecule has 1 aliphatic heterocycles. The molecule has 3 aromatic rings. The fourth-order valence-corrected chi connectivity index (χ4v) is 4.08. The molecular formula is C27H32N2O4. The molecule has 4 rings (SSSR count). The highest BCUT2D eigenvalue weighted by atomic mass is 16.5. The number of allylic oxidation sites excluding steroid dienone is 1. The molecule has 1 N–H and O–H groups in total. The van der Waals surface area contributed by atoms with Crippen LogP contribution < -0.4 is 10.1 Å². The van der Waals surface area contributed by atoms with Crippen molar-refractivity contribution in [3.8, 4) is 16.9 Å². The quantitative estimate of drug-likeness (QED) is 0.508. The predicted octanol–water partition coefficient (Wildman–Crippen LogP) is 4.66.